The largest absolute Gasteiger partial charge is 0.508 e. The number of hydrogen-bond donors (Lipinski definition) is 12. The Hall–Kier alpha value is -4.85. The molecule has 0 aliphatic heterocycles. The quantitative estimate of drug-likeness (QED) is 0.0511. The van der Waals surface area contributed by atoms with E-state index in [0.29, 0.717) is 18.4 Å². The number of aliphatic hydroxyl groups is 2. The van der Waals surface area contributed by atoms with Crippen LogP contribution in [0.25, 0.3) is 0 Å². The highest BCUT2D eigenvalue weighted by Gasteiger charge is 2.32. The van der Waals surface area contributed by atoms with Crippen LogP contribution in [0.3, 0.4) is 0 Å². The SMILES string of the molecule is C[C@H](NC(=O)[C@H](CCC(N)=O)NC(=O)[C@H](CCCCN)NC(=O)[C@H](CO)NC(=O)[C@H](CO)NC(=O)[C@@H](N)Cc1ccc(O)cc1)C(=O)O. The molecular weight excluding hydrogens is 636 g/mol. The Morgan fingerprint density at radius 1 is 0.708 bits per heavy atom. The lowest BCUT2D eigenvalue weighted by Crippen LogP contribution is -2.60. The van der Waals surface area contributed by atoms with Gasteiger partial charge >= 0.3 is 5.97 Å². The third kappa shape index (κ3) is 14.7. The minimum atomic E-state index is -1.66. The molecule has 6 amide bonds. The molecule has 6 atom stereocenters. The predicted molar refractivity (Wildman–Crippen MR) is 168 cm³/mol. The molecule has 0 saturated carbocycles. The van der Waals surface area contributed by atoms with Gasteiger partial charge in [-0.1, -0.05) is 12.1 Å². The first-order valence-electron chi connectivity index (χ1n) is 15.1. The van der Waals surface area contributed by atoms with Crippen molar-refractivity contribution in [2.75, 3.05) is 19.8 Å². The molecule has 0 saturated heterocycles. The number of rotatable bonds is 22. The van der Waals surface area contributed by atoms with Crippen LogP contribution in [0, 0.1) is 0 Å². The first kappa shape index (κ1) is 41.2. The molecule has 19 heteroatoms. The Balaban J connectivity index is 2.99. The number of carbonyl (C=O) groups is 7. The number of unbranched alkanes of at least 4 members (excludes halogenated alkanes) is 1. The van der Waals surface area contributed by atoms with Crippen LogP contribution in [0.5, 0.6) is 5.75 Å². The van der Waals surface area contributed by atoms with Crippen molar-refractivity contribution >= 4 is 41.4 Å². The molecule has 48 heavy (non-hydrogen) atoms. The van der Waals surface area contributed by atoms with Crippen molar-refractivity contribution < 1.29 is 54.0 Å². The summed E-state index contributed by atoms with van der Waals surface area (Å²) in [4.78, 5) is 87.0. The van der Waals surface area contributed by atoms with Gasteiger partial charge in [0.25, 0.3) is 0 Å². The maximum Gasteiger partial charge on any atom is 0.325 e. The minimum Gasteiger partial charge on any atom is -0.508 e. The molecule has 0 heterocycles. The van der Waals surface area contributed by atoms with Crippen LogP contribution in [0.1, 0.15) is 44.6 Å². The molecule has 15 N–H and O–H groups in total. The summed E-state index contributed by atoms with van der Waals surface area (Å²) in [5.74, 6) is -6.87. The number of amides is 6. The van der Waals surface area contributed by atoms with Crippen molar-refractivity contribution in [3.8, 4) is 5.75 Å². The highest BCUT2D eigenvalue weighted by molar-refractivity contribution is 5.96. The molecule has 0 aromatic heterocycles. The second kappa shape index (κ2) is 21.1. The van der Waals surface area contributed by atoms with Gasteiger partial charge < -0.3 is 64.2 Å². The first-order chi connectivity index (χ1) is 22.6. The Bertz CT molecular complexity index is 1260. The fraction of sp³-hybridized carbons (Fsp3) is 0.552. The topological polar surface area (TPSA) is 339 Å². The van der Waals surface area contributed by atoms with E-state index >= 15 is 0 Å². The number of phenolic OH excluding ortho intramolecular Hbond substituents is 1. The van der Waals surface area contributed by atoms with Gasteiger partial charge in [-0.25, -0.2) is 0 Å². The van der Waals surface area contributed by atoms with E-state index in [1.165, 1.54) is 19.1 Å². The summed E-state index contributed by atoms with van der Waals surface area (Å²) in [6, 6.07) is -2.59. The van der Waals surface area contributed by atoms with Crippen molar-refractivity contribution in [3.63, 3.8) is 0 Å². The molecule has 0 aliphatic rings. The van der Waals surface area contributed by atoms with Gasteiger partial charge in [-0.05, 0) is 63.3 Å². The van der Waals surface area contributed by atoms with Gasteiger partial charge in [-0.15, -0.1) is 0 Å². The number of carboxylic acid groups (broad SMARTS) is 1. The van der Waals surface area contributed by atoms with Crippen molar-refractivity contribution in [1.29, 1.82) is 0 Å². The lowest BCUT2D eigenvalue weighted by molar-refractivity contribution is -0.142. The van der Waals surface area contributed by atoms with E-state index in [4.69, 9.17) is 22.3 Å². The first-order valence-corrected chi connectivity index (χ1v) is 15.1. The number of carboxylic acids is 1. The van der Waals surface area contributed by atoms with Crippen molar-refractivity contribution in [2.24, 2.45) is 17.2 Å². The number of nitrogens with one attached hydrogen (secondary N) is 5. The van der Waals surface area contributed by atoms with Crippen LogP contribution in [-0.4, -0.2) is 118 Å². The van der Waals surface area contributed by atoms with E-state index in [9.17, 15) is 48.9 Å². The number of aliphatic carboxylic acids is 1. The molecule has 0 bridgehead atoms. The smallest absolute Gasteiger partial charge is 0.325 e. The van der Waals surface area contributed by atoms with E-state index in [-0.39, 0.29) is 38.0 Å². The fourth-order valence-corrected chi connectivity index (χ4v) is 4.16. The molecule has 19 nitrogen and oxygen atoms in total. The third-order valence-corrected chi connectivity index (χ3v) is 6.98. The molecule has 268 valence electrons. The molecule has 1 aromatic rings. The molecule has 1 aromatic carbocycles. The number of nitrogens with two attached hydrogens (primary N) is 3. The lowest BCUT2D eigenvalue weighted by Gasteiger charge is -2.26. The van der Waals surface area contributed by atoms with E-state index in [1.807, 2.05) is 0 Å². The zero-order valence-corrected chi connectivity index (χ0v) is 26.5. The Labute approximate surface area is 276 Å². The van der Waals surface area contributed by atoms with Gasteiger partial charge in [0.1, 0.15) is 36.0 Å². The molecule has 0 unspecified atom stereocenters. The van der Waals surface area contributed by atoms with Gasteiger partial charge in [0.05, 0.1) is 19.3 Å². The third-order valence-electron chi connectivity index (χ3n) is 6.98. The van der Waals surface area contributed by atoms with Gasteiger partial charge in [0.15, 0.2) is 0 Å². The van der Waals surface area contributed by atoms with E-state index < -0.39 is 90.9 Å². The molecular formula is C29H46N8O11. The number of hydrogen-bond acceptors (Lipinski definition) is 12. The van der Waals surface area contributed by atoms with Crippen LogP contribution in [-0.2, 0) is 40.0 Å². The summed E-state index contributed by atoms with van der Waals surface area (Å²) in [5.41, 5.74) is 17.2. The van der Waals surface area contributed by atoms with Crippen LogP contribution in [0.2, 0.25) is 0 Å². The lowest BCUT2D eigenvalue weighted by atomic mass is 10.0. The highest BCUT2D eigenvalue weighted by Crippen LogP contribution is 2.11. The molecule has 0 aliphatic carbocycles. The summed E-state index contributed by atoms with van der Waals surface area (Å²) < 4.78 is 0. The van der Waals surface area contributed by atoms with Crippen molar-refractivity contribution in [3.05, 3.63) is 29.8 Å². The second-order valence-electron chi connectivity index (χ2n) is 10.9. The fourth-order valence-electron chi connectivity index (χ4n) is 4.16. The monoisotopic (exact) mass is 682 g/mol. The van der Waals surface area contributed by atoms with Gasteiger partial charge in [-0.2, -0.15) is 0 Å². The number of aliphatic hydroxyl groups excluding tert-OH is 2. The van der Waals surface area contributed by atoms with E-state index in [2.05, 4.69) is 26.6 Å². The maximum atomic E-state index is 13.2. The normalized spacial score (nSPS) is 14.6. The summed E-state index contributed by atoms with van der Waals surface area (Å²) >= 11 is 0. The van der Waals surface area contributed by atoms with Crippen molar-refractivity contribution in [2.45, 2.75) is 81.7 Å². The number of carbonyl (C=O) groups excluding carboxylic acids is 6. The Kier molecular flexibility index (Phi) is 18.1. The summed E-state index contributed by atoms with van der Waals surface area (Å²) in [7, 11) is 0. The van der Waals surface area contributed by atoms with E-state index in [0.717, 1.165) is 0 Å². The van der Waals surface area contributed by atoms with Crippen LogP contribution in [0.15, 0.2) is 24.3 Å². The summed E-state index contributed by atoms with van der Waals surface area (Å²) in [6.45, 7) is -0.424. The van der Waals surface area contributed by atoms with Crippen LogP contribution >= 0.6 is 0 Å². The Morgan fingerprint density at radius 3 is 1.65 bits per heavy atom. The predicted octanol–water partition coefficient (Wildman–Crippen LogP) is -4.83. The summed E-state index contributed by atoms with van der Waals surface area (Å²) in [6.07, 6.45) is 0.157. The molecule has 0 radical (unpaired) electrons. The van der Waals surface area contributed by atoms with E-state index in [1.54, 1.807) is 12.1 Å². The van der Waals surface area contributed by atoms with Crippen LogP contribution < -0.4 is 43.8 Å². The summed E-state index contributed by atoms with van der Waals surface area (Å²) in [5, 5.41) is 49.5. The van der Waals surface area contributed by atoms with Gasteiger partial charge in [0.2, 0.25) is 35.4 Å². The second-order valence-corrected chi connectivity index (χ2v) is 10.9. The van der Waals surface area contributed by atoms with Gasteiger partial charge in [0, 0.05) is 6.42 Å². The molecule has 0 spiro atoms. The van der Waals surface area contributed by atoms with Crippen LogP contribution in [0.4, 0.5) is 0 Å². The number of primary amides is 1. The molecule has 1 rings (SSSR count). The Morgan fingerprint density at radius 2 is 1.17 bits per heavy atom. The standard InChI is InChI=1S/C29H46N8O11/c1-15(29(47)48)33-25(43)20(9-10-23(32)41)35-26(44)19(4-2-3-11-30)34-27(45)22(14-39)37-28(46)21(13-38)36-24(42)18(31)12-16-5-7-17(40)8-6-16/h5-8,15,18-22,38-40H,2-4,9-14,30-31H2,1H3,(H2,32,41)(H,33,43)(H,34,45)(H,35,44)(H,36,42)(H,37,46)(H,47,48)/t15-,18-,19-,20-,21-,22-/m0/s1. The average molecular weight is 683 g/mol. The zero-order valence-electron chi connectivity index (χ0n) is 26.5. The average Bonchev–Trinajstić information content (AvgIpc) is 3.04. The zero-order chi connectivity index (χ0) is 36.4. The number of aromatic hydroxyl groups is 1. The number of benzene rings is 1. The maximum absolute atomic E-state index is 13.2. The molecule has 0 fully saturated rings. The number of phenols is 1. The van der Waals surface area contributed by atoms with Crippen molar-refractivity contribution in [1.82, 2.24) is 26.6 Å². The van der Waals surface area contributed by atoms with Gasteiger partial charge in [-0.3, -0.25) is 33.6 Å². The highest BCUT2D eigenvalue weighted by atomic mass is 16.4. The minimum absolute atomic E-state index is 0.00913.